The van der Waals surface area contributed by atoms with Gasteiger partial charge in [-0.2, -0.15) is 5.10 Å². The molecule has 0 spiro atoms. The summed E-state index contributed by atoms with van der Waals surface area (Å²) in [5, 5.41) is 6.96. The first-order chi connectivity index (χ1) is 15.7. The van der Waals surface area contributed by atoms with Gasteiger partial charge in [-0.1, -0.05) is 42.5 Å². The molecule has 9 nitrogen and oxygen atoms in total. The van der Waals surface area contributed by atoms with E-state index in [4.69, 9.17) is 4.42 Å². The minimum absolute atomic E-state index is 0.103. The average Bonchev–Trinajstić information content (AvgIpc) is 3.48. The molecule has 9 heteroatoms. The van der Waals surface area contributed by atoms with Crippen molar-refractivity contribution in [2.24, 2.45) is 0 Å². The van der Waals surface area contributed by atoms with E-state index in [0.717, 1.165) is 32.7 Å². The molecule has 1 unspecified atom stereocenters. The van der Waals surface area contributed by atoms with Crippen molar-refractivity contribution in [2.75, 3.05) is 32.7 Å². The van der Waals surface area contributed by atoms with Crippen LogP contribution in [0.25, 0.3) is 6.08 Å². The van der Waals surface area contributed by atoms with E-state index < -0.39 is 0 Å². The summed E-state index contributed by atoms with van der Waals surface area (Å²) in [6, 6.07) is 10.2. The van der Waals surface area contributed by atoms with Gasteiger partial charge in [-0.25, -0.2) is 9.97 Å². The summed E-state index contributed by atoms with van der Waals surface area (Å²) < 4.78 is 7.23. The normalized spacial score (nSPS) is 16.4. The van der Waals surface area contributed by atoms with Gasteiger partial charge in [0.15, 0.2) is 5.69 Å². The van der Waals surface area contributed by atoms with Crippen molar-refractivity contribution in [3.63, 3.8) is 0 Å². The molecule has 1 atom stereocenters. The van der Waals surface area contributed by atoms with Crippen LogP contribution in [0.2, 0.25) is 0 Å². The number of hydrogen-bond acceptors (Lipinski definition) is 7. The summed E-state index contributed by atoms with van der Waals surface area (Å²) in [5.74, 6) is 0.319. The Hall–Kier alpha value is -3.30. The third-order valence-corrected chi connectivity index (χ3v) is 5.39. The second-order valence-electron chi connectivity index (χ2n) is 8.01. The first-order valence-corrected chi connectivity index (χ1v) is 10.9. The minimum atomic E-state index is -0.248. The lowest BCUT2D eigenvalue weighted by molar-refractivity contribution is 0.0930. The highest BCUT2D eigenvalue weighted by Crippen LogP contribution is 2.10. The van der Waals surface area contributed by atoms with Crippen LogP contribution in [-0.4, -0.2) is 74.2 Å². The largest absolute Gasteiger partial charge is 0.447 e. The molecule has 3 aromatic rings. The summed E-state index contributed by atoms with van der Waals surface area (Å²) in [7, 11) is 0. The smallest absolute Gasteiger partial charge is 0.273 e. The maximum Gasteiger partial charge on any atom is 0.273 e. The Morgan fingerprint density at radius 2 is 1.97 bits per heavy atom. The van der Waals surface area contributed by atoms with E-state index in [9.17, 15) is 4.79 Å². The fraction of sp³-hybridized carbons (Fsp3) is 0.391. The maximum atomic E-state index is 12.4. The molecule has 3 heterocycles. The van der Waals surface area contributed by atoms with Crippen LogP contribution in [0.3, 0.4) is 0 Å². The zero-order chi connectivity index (χ0) is 22.2. The Labute approximate surface area is 187 Å². The highest BCUT2D eigenvalue weighted by molar-refractivity contribution is 5.92. The molecule has 1 aromatic carbocycles. The van der Waals surface area contributed by atoms with E-state index >= 15 is 0 Å². The van der Waals surface area contributed by atoms with Crippen LogP contribution in [-0.2, 0) is 13.1 Å². The molecule has 2 aromatic heterocycles. The molecule has 0 saturated carbocycles. The van der Waals surface area contributed by atoms with Gasteiger partial charge in [-0.15, -0.1) is 0 Å². The third kappa shape index (κ3) is 6.35. The number of aromatic nitrogens is 4. The van der Waals surface area contributed by atoms with Crippen molar-refractivity contribution in [1.82, 2.24) is 34.9 Å². The summed E-state index contributed by atoms with van der Waals surface area (Å²) >= 11 is 0. The molecule has 32 heavy (non-hydrogen) atoms. The van der Waals surface area contributed by atoms with Crippen molar-refractivity contribution in [2.45, 2.75) is 26.1 Å². The SMILES string of the molecule is CC(Cn1cncn1)NC(=O)c1coc(CN2CCN(C/C=C/c3ccccc3)CC2)n1. The number of rotatable bonds is 9. The third-order valence-electron chi connectivity index (χ3n) is 5.39. The molecule has 1 aliphatic rings. The molecule has 1 fully saturated rings. The fourth-order valence-electron chi connectivity index (χ4n) is 3.66. The van der Waals surface area contributed by atoms with E-state index in [1.807, 2.05) is 13.0 Å². The quantitative estimate of drug-likeness (QED) is 0.549. The van der Waals surface area contributed by atoms with Crippen molar-refractivity contribution in [3.8, 4) is 0 Å². The number of hydrogen-bond donors (Lipinski definition) is 1. The number of carbonyl (C=O) groups is 1. The van der Waals surface area contributed by atoms with Crippen molar-refractivity contribution < 1.29 is 9.21 Å². The highest BCUT2D eigenvalue weighted by Gasteiger charge is 2.20. The molecule has 0 radical (unpaired) electrons. The predicted molar refractivity (Wildman–Crippen MR) is 121 cm³/mol. The maximum absolute atomic E-state index is 12.4. The Kier molecular flexibility index (Phi) is 7.42. The van der Waals surface area contributed by atoms with Crippen LogP contribution >= 0.6 is 0 Å². The minimum Gasteiger partial charge on any atom is -0.447 e. The highest BCUT2D eigenvalue weighted by atomic mass is 16.3. The van der Waals surface area contributed by atoms with Gasteiger partial charge in [-0.3, -0.25) is 19.3 Å². The lowest BCUT2D eigenvalue weighted by atomic mass is 10.2. The molecular formula is C23H29N7O2. The summed E-state index contributed by atoms with van der Waals surface area (Å²) in [6.07, 6.45) is 8.90. The van der Waals surface area contributed by atoms with Crippen LogP contribution in [0.15, 0.2) is 59.7 Å². The van der Waals surface area contributed by atoms with Crippen molar-refractivity contribution >= 4 is 12.0 Å². The van der Waals surface area contributed by atoms with Crippen LogP contribution in [0.4, 0.5) is 0 Å². The van der Waals surface area contributed by atoms with E-state index in [-0.39, 0.29) is 11.9 Å². The molecule has 0 bridgehead atoms. The molecule has 1 N–H and O–H groups in total. The number of nitrogens with one attached hydrogen (secondary N) is 1. The summed E-state index contributed by atoms with van der Waals surface area (Å²) in [4.78, 5) is 25.4. The first-order valence-electron chi connectivity index (χ1n) is 10.9. The molecule has 0 aliphatic carbocycles. The van der Waals surface area contributed by atoms with Gasteiger partial charge < -0.3 is 9.73 Å². The number of nitrogens with zero attached hydrogens (tertiary/aromatic N) is 6. The molecule has 4 rings (SSSR count). The summed E-state index contributed by atoms with van der Waals surface area (Å²) in [5.41, 5.74) is 1.53. The number of oxazole rings is 1. The number of carbonyl (C=O) groups excluding carboxylic acids is 1. The molecule has 1 saturated heterocycles. The van der Waals surface area contributed by atoms with Crippen LogP contribution in [0, 0.1) is 0 Å². The Morgan fingerprint density at radius 3 is 2.72 bits per heavy atom. The lowest BCUT2D eigenvalue weighted by Crippen LogP contribution is -2.45. The van der Waals surface area contributed by atoms with Gasteiger partial charge >= 0.3 is 0 Å². The van der Waals surface area contributed by atoms with E-state index in [1.165, 1.54) is 18.2 Å². The molecule has 1 amide bonds. The molecular weight excluding hydrogens is 406 g/mol. The molecule has 1 aliphatic heterocycles. The first kappa shape index (κ1) is 21.9. The summed E-state index contributed by atoms with van der Waals surface area (Å²) in [6.45, 7) is 7.88. The zero-order valence-electron chi connectivity index (χ0n) is 18.3. The van der Waals surface area contributed by atoms with Gasteiger partial charge in [0, 0.05) is 38.8 Å². The van der Waals surface area contributed by atoms with Gasteiger partial charge in [0.25, 0.3) is 5.91 Å². The van der Waals surface area contributed by atoms with Crippen molar-refractivity contribution in [1.29, 1.82) is 0 Å². The van der Waals surface area contributed by atoms with E-state index in [2.05, 4.69) is 66.6 Å². The van der Waals surface area contributed by atoms with Gasteiger partial charge in [-0.05, 0) is 12.5 Å². The number of benzene rings is 1. The second-order valence-corrected chi connectivity index (χ2v) is 8.01. The lowest BCUT2D eigenvalue weighted by Gasteiger charge is -2.33. The number of amides is 1. The van der Waals surface area contributed by atoms with E-state index in [1.54, 1.807) is 11.0 Å². The molecule has 168 valence electrons. The Balaban J connectivity index is 1.19. The zero-order valence-corrected chi connectivity index (χ0v) is 18.3. The van der Waals surface area contributed by atoms with Gasteiger partial charge in [0.05, 0.1) is 13.1 Å². The topological polar surface area (TPSA) is 92.3 Å². The Bertz CT molecular complexity index is 993. The Morgan fingerprint density at radius 1 is 1.19 bits per heavy atom. The average molecular weight is 436 g/mol. The monoisotopic (exact) mass is 435 g/mol. The van der Waals surface area contributed by atoms with Gasteiger partial charge in [0.1, 0.15) is 18.9 Å². The van der Waals surface area contributed by atoms with Crippen molar-refractivity contribution in [3.05, 3.63) is 72.5 Å². The van der Waals surface area contributed by atoms with Crippen LogP contribution in [0.5, 0.6) is 0 Å². The second kappa shape index (κ2) is 10.8. The number of piperazine rings is 1. The standard InChI is InChI=1S/C23H29N7O2/c1-19(14-30-18-24-17-25-30)26-23(31)21-16-32-22(27-21)15-29-12-10-28(11-13-29)9-5-8-20-6-3-2-4-7-20/h2-8,16-19H,9-15H2,1H3,(H,26,31)/b8-5+. The van der Waals surface area contributed by atoms with Gasteiger partial charge in [0.2, 0.25) is 5.89 Å². The van der Waals surface area contributed by atoms with E-state index in [0.29, 0.717) is 24.7 Å². The van der Waals surface area contributed by atoms with Crippen LogP contribution < -0.4 is 5.32 Å². The fourth-order valence-corrected chi connectivity index (χ4v) is 3.66. The van der Waals surface area contributed by atoms with Crippen LogP contribution in [0.1, 0.15) is 28.9 Å². The predicted octanol–water partition coefficient (Wildman–Crippen LogP) is 1.92.